The van der Waals surface area contributed by atoms with Crippen LogP contribution in [0.25, 0.3) is 0 Å². The lowest BCUT2D eigenvalue weighted by Gasteiger charge is -2.14. The van der Waals surface area contributed by atoms with Gasteiger partial charge in [-0.25, -0.2) is 9.18 Å². The lowest BCUT2D eigenvalue weighted by Crippen LogP contribution is -2.19. The summed E-state index contributed by atoms with van der Waals surface area (Å²) in [6.45, 7) is 6.74. The van der Waals surface area contributed by atoms with Gasteiger partial charge in [0.15, 0.2) is 0 Å². The van der Waals surface area contributed by atoms with Crippen LogP contribution in [0.5, 0.6) is 5.75 Å². The van der Waals surface area contributed by atoms with Gasteiger partial charge in [0.05, 0.1) is 5.02 Å². The normalized spacial score (nSPS) is 21.6. The molecule has 3 unspecified atom stereocenters. The minimum atomic E-state index is -0.961. The van der Waals surface area contributed by atoms with Crippen LogP contribution in [0.2, 0.25) is 5.02 Å². The molecule has 5 nitrogen and oxygen atoms in total. The largest absolute Gasteiger partial charge is 0.487 e. The summed E-state index contributed by atoms with van der Waals surface area (Å²) >= 11 is 6.40. The lowest BCUT2D eigenvalue weighted by molar-refractivity contribution is 0.195. The third-order valence-electron chi connectivity index (χ3n) is 5.60. The molecule has 1 heterocycles. The first-order chi connectivity index (χ1) is 13.9. The molecule has 0 saturated carbocycles. The molecule has 2 aliphatic rings. The molecule has 3 N–H and O–H groups in total. The minimum Gasteiger partial charge on any atom is -0.487 e. The van der Waals surface area contributed by atoms with Gasteiger partial charge in [-0.15, -0.1) is 0 Å². The Labute approximate surface area is 175 Å². The molecule has 2 aromatic carbocycles. The smallest absolute Gasteiger partial charge is 0.404 e. The Hall–Kier alpha value is -2.31. The van der Waals surface area contributed by atoms with Gasteiger partial charge in [0.2, 0.25) is 0 Å². The maximum atomic E-state index is 13.7. The molecule has 7 heteroatoms. The second-order valence-corrected chi connectivity index (χ2v) is 7.75. The fraction of sp³-hybridized carbons (Fsp3) is 0.409. The molecule has 1 aliphatic heterocycles. The molecule has 156 valence electrons. The van der Waals surface area contributed by atoms with Gasteiger partial charge in [0.25, 0.3) is 0 Å². The van der Waals surface area contributed by atoms with E-state index < -0.39 is 6.09 Å². The Balaban J connectivity index is 0.000000353. The Bertz CT molecular complexity index is 877. The summed E-state index contributed by atoms with van der Waals surface area (Å²) in [6.07, 6.45) is -0.961. The minimum absolute atomic E-state index is 0.188. The molecule has 2 aromatic rings. The number of rotatable bonds is 4. The lowest BCUT2D eigenvalue weighted by atomic mass is 9.91. The monoisotopic (exact) mass is 420 g/mol. The highest BCUT2D eigenvalue weighted by Gasteiger charge is 2.41. The number of fused-ring (bicyclic) bond motifs is 3. The molecule has 0 bridgehead atoms. The Morgan fingerprint density at radius 1 is 1.31 bits per heavy atom. The van der Waals surface area contributed by atoms with Crippen LogP contribution in [-0.2, 0) is 6.61 Å². The van der Waals surface area contributed by atoms with Crippen molar-refractivity contribution in [2.45, 2.75) is 32.3 Å². The number of amides is 1. The van der Waals surface area contributed by atoms with Gasteiger partial charge in [-0.1, -0.05) is 36.7 Å². The summed E-state index contributed by atoms with van der Waals surface area (Å²) in [5, 5.41) is 14.0. The Kier molecular flexibility index (Phi) is 6.98. The fourth-order valence-electron chi connectivity index (χ4n) is 4.13. The van der Waals surface area contributed by atoms with E-state index in [4.69, 9.17) is 21.4 Å². The van der Waals surface area contributed by atoms with Crippen molar-refractivity contribution in [3.05, 3.63) is 63.9 Å². The highest BCUT2D eigenvalue weighted by molar-refractivity contribution is 6.32. The maximum absolute atomic E-state index is 13.7. The first kappa shape index (κ1) is 21.4. The van der Waals surface area contributed by atoms with Crippen LogP contribution in [0.15, 0.2) is 36.4 Å². The first-order valence-corrected chi connectivity index (χ1v) is 10.2. The van der Waals surface area contributed by atoms with Gasteiger partial charge in [-0.05, 0) is 54.6 Å². The van der Waals surface area contributed by atoms with Crippen LogP contribution < -0.4 is 15.4 Å². The van der Waals surface area contributed by atoms with E-state index in [1.165, 1.54) is 17.2 Å². The topological polar surface area (TPSA) is 70.6 Å². The number of nitrogens with one attached hydrogen (secondary N) is 2. The van der Waals surface area contributed by atoms with Crippen molar-refractivity contribution in [2.24, 2.45) is 5.92 Å². The summed E-state index contributed by atoms with van der Waals surface area (Å²) in [6, 6.07) is 10.8. The Morgan fingerprint density at radius 3 is 2.72 bits per heavy atom. The van der Waals surface area contributed by atoms with Crippen molar-refractivity contribution in [1.82, 2.24) is 10.6 Å². The molecule has 1 saturated heterocycles. The highest BCUT2D eigenvalue weighted by atomic mass is 35.5. The second kappa shape index (κ2) is 9.46. The highest BCUT2D eigenvalue weighted by Crippen LogP contribution is 2.50. The van der Waals surface area contributed by atoms with Gasteiger partial charge in [-0.2, -0.15) is 0 Å². The number of halogens is 2. The van der Waals surface area contributed by atoms with Crippen molar-refractivity contribution in [2.75, 3.05) is 19.6 Å². The number of hydrogen-bond donors (Lipinski definition) is 3. The molecule has 3 atom stereocenters. The molecule has 0 aromatic heterocycles. The summed E-state index contributed by atoms with van der Waals surface area (Å²) in [4.78, 5) is 9.49. The predicted octanol–water partition coefficient (Wildman–Crippen LogP) is 4.75. The summed E-state index contributed by atoms with van der Waals surface area (Å²) < 4.78 is 19.5. The quantitative estimate of drug-likeness (QED) is 0.667. The second-order valence-electron chi connectivity index (χ2n) is 7.34. The summed E-state index contributed by atoms with van der Waals surface area (Å²) in [7, 11) is 0. The zero-order valence-electron chi connectivity index (χ0n) is 16.5. The molecule has 4 rings (SSSR count). The number of hydrogen-bond acceptors (Lipinski definition) is 3. The van der Waals surface area contributed by atoms with Crippen LogP contribution in [0.1, 0.15) is 42.4 Å². The molecular formula is C22H26ClFN2O3. The molecule has 1 aliphatic carbocycles. The zero-order valence-corrected chi connectivity index (χ0v) is 17.3. The molecule has 1 fully saturated rings. The number of carboxylic acid groups (broad SMARTS) is 1. The van der Waals surface area contributed by atoms with E-state index in [9.17, 15) is 9.18 Å². The SMILES string of the molecule is CC1c2cc(Cl)c(OCc3ccccc3F)cc2C2CNCC12.CCNC(=O)O. The van der Waals surface area contributed by atoms with Crippen molar-refractivity contribution in [3.8, 4) is 5.75 Å². The van der Waals surface area contributed by atoms with E-state index in [2.05, 4.69) is 23.6 Å². The van der Waals surface area contributed by atoms with Crippen LogP contribution in [0.4, 0.5) is 9.18 Å². The first-order valence-electron chi connectivity index (χ1n) is 9.79. The molecule has 0 spiro atoms. The van der Waals surface area contributed by atoms with Crippen LogP contribution in [0, 0.1) is 11.7 Å². The average molecular weight is 421 g/mol. The van der Waals surface area contributed by atoms with E-state index in [0.717, 1.165) is 13.1 Å². The van der Waals surface area contributed by atoms with Crippen molar-refractivity contribution < 1.29 is 19.0 Å². The van der Waals surface area contributed by atoms with Crippen molar-refractivity contribution in [3.63, 3.8) is 0 Å². The van der Waals surface area contributed by atoms with Crippen LogP contribution >= 0.6 is 11.6 Å². The third kappa shape index (κ3) is 4.82. The van der Waals surface area contributed by atoms with Crippen LogP contribution in [0.3, 0.4) is 0 Å². The van der Waals surface area contributed by atoms with Gasteiger partial charge in [0.1, 0.15) is 18.2 Å². The van der Waals surface area contributed by atoms with Gasteiger partial charge >= 0.3 is 6.09 Å². The Morgan fingerprint density at radius 2 is 2.07 bits per heavy atom. The molecule has 0 radical (unpaired) electrons. The standard InChI is InChI=1S/C19H19ClFNO.C3H7NO2/c1-11-13-6-17(20)19(7-14(13)16-9-22-8-15(11)16)23-10-12-4-2-3-5-18(12)21;1-2-4-3(5)6/h2-7,11,15-16,22H,8-10H2,1H3;4H,2H2,1H3,(H,5,6). The summed E-state index contributed by atoms with van der Waals surface area (Å²) in [5.41, 5.74) is 3.21. The maximum Gasteiger partial charge on any atom is 0.404 e. The van der Waals surface area contributed by atoms with Gasteiger partial charge < -0.3 is 20.5 Å². The number of carbonyl (C=O) groups is 1. The predicted molar refractivity (Wildman–Crippen MR) is 111 cm³/mol. The van der Waals surface area contributed by atoms with Gasteiger partial charge in [0, 0.05) is 24.6 Å². The molecule has 29 heavy (non-hydrogen) atoms. The van der Waals surface area contributed by atoms with E-state index in [-0.39, 0.29) is 12.4 Å². The number of benzene rings is 2. The number of ether oxygens (including phenoxy) is 1. The molecular weight excluding hydrogens is 395 g/mol. The van der Waals surface area contributed by atoms with E-state index in [0.29, 0.717) is 40.6 Å². The van der Waals surface area contributed by atoms with Crippen molar-refractivity contribution in [1.29, 1.82) is 0 Å². The van der Waals surface area contributed by atoms with Gasteiger partial charge in [-0.3, -0.25) is 0 Å². The average Bonchev–Trinajstić information content (AvgIpc) is 3.25. The van der Waals surface area contributed by atoms with E-state index in [1.807, 2.05) is 12.1 Å². The van der Waals surface area contributed by atoms with E-state index >= 15 is 0 Å². The molecule has 1 amide bonds. The van der Waals surface area contributed by atoms with Crippen LogP contribution in [-0.4, -0.2) is 30.8 Å². The third-order valence-corrected chi connectivity index (χ3v) is 5.90. The fourth-order valence-corrected chi connectivity index (χ4v) is 4.35. The zero-order chi connectivity index (χ0) is 21.0. The van der Waals surface area contributed by atoms with Crippen molar-refractivity contribution >= 4 is 17.7 Å². The summed E-state index contributed by atoms with van der Waals surface area (Å²) in [5.74, 6) is 2.09. The van der Waals surface area contributed by atoms with E-state index in [1.54, 1.807) is 19.1 Å².